The average molecular weight is 234 g/mol. The standard InChI is InChI=1S/C13H18N2O2/c1-9-3-2-4-10(7-15-11-5-6-11)13(9)17-8-12(14)16/h2-4,11,15H,5-8H2,1H3,(H2,14,16). The monoisotopic (exact) mass is 234 g/mol. The highest BCUT2D eigenvalue weighted by Gasteiger charge is 2.20. The summed E-state index contributed by atoms with van der Waals surface area (Å²) in [5, 5.41) is 3.43. The van der Waals surface area contributed by atoms with Crippen LogP contribution in [0.2, 0.25) is 0 Å². The highest BCUT2D eigenvalue weighted by atomic mass is 16.5. The average Bonchev–Trinajstić information content (AvgIpc) is 3.08. The third-order valence-corrected chi connectivity index (χ3v) is 2.81. The van der Waals surface area contributed by atoms with Crippen LogP contribution in [0.15, 0.2) is 18.2 Å². The van der Waals surface area contributed by atoms with E-state index in [1.54, 1.807) is 0 Å². The Hall–Kier alpha value is -1.55. The van der Waals surface area contributed by atoms with Crippen LogP contribution in [0.4, 0.5) is 0 Å². The minimum Gasteiger partial charge on any atom is -0.483 e. The quantitative estimate of drug-likeness (QED) is 0.775. The molecule has 0 aliphatic heterocycles. The zero-order chi connectivity index (χ0) is 12.3. The summed E-state index contributed by atoms with van der Waals surface area (Å²) in [7, 11) is 0. The van der Waals surface area contributed by atoms with Crippen molar-refractivity contribution in [3.8, 4) is 5.75 Å². The molecule has 2 rings (SSSR count). The van der Waals surface area contributed by atoms with Gasteiger partial charge in [0.25, 0.3) is 5.91 Å². The van der Waals surface area contributed by atoms with Crippen molar-refractivity contribution < 1.29 is 9.53 Å². The maximum absolute atomic E-state index is 10.8. The lowest BCUT2D eigenvalue weighted by Gasteiger charge is -2.13. The third kappa shape index (κ3) is 3.46. The van der Waals surface area contributed by atoms with E-state index < -0.39 is 5.91 Å². The minimum absolute atomic E-state index is 0.0682. The lowest BCUT2D eigenvalue weighted by Crippen LogP contribution is -2.22. The molecule has 17 heavy (non-hydrogen) atoms. The largest absolute Gasteiger partial charge is 0.483 e. The molecular weight excluding hydrogens is 216 g/mol. The number of carbonyl (C=O) groups excluding carboxylic acids is 1. The zero-order valence-corrected chi connectivity index (χ0v) is 10.0. The zero-order valence-electron chi connectivity index (χ0n) is 10.0. The van der Waals surface area contributed by atoms with Crippen LogP contribution >= 0.6 is 0 Å². The van der Waals surface area contributed by atoms with Crippen molar-refractivity contribution in [1.29, 1.82) is 0 Å². The molecule has 4 heteroatoms. The van der Waals surface area contributed by atoms with E-state index in [0.717, 1.165) is 23.4 Å². The van der Waals surface area contributed by atoms with Crippen LogP contribution in [0, 0.1) is 6.92 Å². The van der Waals surface area contributed by atoms with Gasteiger partial charge in [0.1, 0.15) is 5.75 Å². The van der Waals surface area contributed by atoms with Crippen LogP contribution in [0.1, 0.15) is 24.0 Å². The Bertz CT molecular complexity index is 414. The van der Waals surface area contributed by atoms with E-state index >= 15 is 0 Å². The second kappa shape index (κ2) is 5.19. The van der Waals surface area contributed by atoms with Gasteiger partial charge in [-0.2, -0.15) is 0 Å². The molecule has 3 N–H and O–H groups in total. The molecular formula is C13H18N2O2. The number of para-hydroxylation sites is 1. The maximum atomic E-state index is 10.8. The molecule has 0 aromatic heterocycles. The van der Waals surface area contributed by atoms with Crippen LogP contribution in [0.3, 0.4) is 0 Å². The summed E-state index contributed by atoms with van der Waals surface area (Å²) in [5.74, 6) is 0.328. The van der Waals surface area contributed by atoms with Crippen molar-refractivity contribution >= 4 is 5.91 Å². The molecule has 1 aliphatic rings. The summed E-state index contributed by atoms with van der Waals surface area (Å²) in [4.78, 5) is 10.8. The molecule has 1 aliphatic carbocycles. The number of nitrogens with one attached hydrogen (secondary N) is 1. The number of hydrogen-bond acceptors (Lipinski definition) is 3. The number of amides is 1. The van der Waals surface area contributed by atoms with Crippen molar-refractivity contribution in [3.63, 3.8) is 0 Å². The molecule has 92 valence electrons. The van der Waals surface area contributed by atoms with Crippen molar-refractivity contribution in [3.05, 3.63) is 29.3 Å². The first-order chi connectivity index (χ1) is 8.16. The van der Waals surface area contributed by atoms with Gasteiger partial charge in [-0.25, -0.2) is 0 Å². The number of carbonyl (C=O) groups is 1. The summed E-state index contributed by atoms with van der Waals surface area (Å²) < 4.78 is 5.47. The topological polar surface area (TPSA) is 64.3 Å². The van der Waals surface area contributed by atoms with Crippen molar-refractivity contribution in [2.75, 3.05) is 6.61 Å². The van der Waals surface area contributed by atoms with Crippen molar-refractivity contribution in [2.24, 2.45) is 5.73 Å². The molecule has 0 radical (unpaired) electrons. The van der Waals surface area contributed by atoms with Gasteiger partial charge in [-0.3, -0.25) is 4.79 Å². The first kappa shape index (κ1) is 11.9. The number of rotatable bonds is 6. The minimum atomic E-state index is -0.450. The van der Waals surface area contributed by atoms with Crippen LogP contribution in [-0.2, 0) is 11.3 Å². The summed E-state index contributed by atoms with van der Waals surface area (Å²) >= 11 is 0. The number of aryl methyl sites for hydroxylation is 1. The maximum Gasteiger partial charge on any atom is 0.255 e. The fourth-order valence-electron chi connectivity index (χ4n) is 1.74. The fourth-order valence-corrected chi connectivity index (χ4v) is 1.74. The molecule has 1 fully saturated rings. The SMILES string of the molecule is Cc1cccc(CNC2CC2)c1OCC(N)=O. The highest BCUT2D eigenvalue weighted by Crippen LogP contribution is 2.25. The third-order valence-electron chi connectivity index (χ3n) is 2.81. The number of nitrogens with two attached hydrogens (primary N) is 1. The van der Waals surface area contributed by atoms with Crippen LogP contribution in [0.5, 0.6) is 5.75 Å². The summed E-state index contributed by atoms with van der Waals surface area (Å²) in [6.45, 7) is 2.68. The predicted octanol–water partition coefficient (Wildman–Crippen LogP) is 1.11. The van der Waals surface area contributed by atoms with E-state index in [9.17, 15) is 4.79 Å². The molecule has 1 saturated carbocycles. The van der Waals surface area contributed by atoms with Gasteiger partial charge in [0.05, 0.1) is 0 Å². The van der Waals surface area contributed by atoms with E-state index in [1.807, 2.05) is 25.1 Å². The molecule has 0 bridgehead atoms. The molecule has 0 atom stereocenters. The Kier molecular flexibility index (Phi) is 3.64. The number of hydrogen-bond donors (Lipinski definition) is 2. The molecule has 0 spiro atoms. The molecule has 0 heterocycles. The first-order valence-electron chi connectivity index (χ1n) is 5.90. The normalized spacial score (nSPS) is 14.6. The van der Waals surface area contributed by atoms with Gasteiger partial charge in [-0.1, -0.05) is 18.2 Å². The van der Waals surface area contributed by atoms with Crippen LogP contribution in [0.25, 0.3) is 0 Å². The smallest absolute Gasteiger partial charge is 0.255 e. The Balaban J connectivity index is 2.05. The second-order valence-corrected chi connectivity index (χ2v) is 4.47. The molecule has 0 unspecified atom stereocenters. The predicted molar refractivity (Wildman–Crippen MR) is 65.7 cm³/mol. The molecule has 1 aromatic carbocycles. The van der Waals surface area contributed by atoms with Crippen LogP contribution < -0.4 is 15.8 Å². The second-order valence-electron chi connectivity index (χ2n) is 4.47. The van der Waals surface area contributed by atoms with Gasteiger partial charge in [0.2, 0.25) is 0 Å². The molecule has 0 saturated heterocycles. The van der Waals surface area contributed by atoms with Gasteiger partial charge < -0.3 is 15.8 Å². The van der Waals surface area contributed by atoms with Gasteiger partial charge in [-0.05, 0) is 25.3 Å². The highest BCUT2D eigenvalue weighted by molar-refractivity contribution is 5.75. The van der Waals surface area contributed by atoms with E-state index in [-0.39, 0.29) is 6.61 Å². The van der Waals surface area contributed by atoms with Gasteiger partial charge in [-0.15, -0.1) is 0 Å². The summed E-state index contributed by atoms with van der Waals surface area (Å²) in [5.41, 5.74) is 7.20. The van der Waals surface area contributed by atoms with Gasteiger partial charge in [0, 0.05) is 18.2 Å². The summed E-state index contributed by atoms with van der Waals surface area (Å²) in [6, 6.07) is 6.63. The number of primary amides is 1. The summed E-state index contributed by atoms with van der Waals surface area (Å²) in [6.07, 6.45) is 2.51. The Morgan fingerprint density at radius 3 is 2.94 bits per heavy atom. The van der Waals surface area contributed by atoms with Crippen LogP contribution in [-0.4, -0.2) is 18.6 Å². The molecule has 1 amide bonds. The lowest BCUT2D eigenvalue weighted by atomic mass is 10.1. The van der Waals surface area contributed by atoms with E-state index in [2.05, 4.69) is 5.32 Å². The first-order valence-corrected chi connectivity index (χ1v) is 5.90. The molecule has 1 aromatic rings. The van der Waals surface area contributed by atoms with Gasteiger partial charge in [0.15, 0.2) is 6.61 Å². The van der Waals surface area contributed by atoms with E-state index in [0.29, 0.717) is 6.04 Å². The fraction of sp³-hybridized carbons (Fsp3) is 0.462. The number of ether oxygens (including phenoxy) is 1. The van der Waals surface area contributed by atoms with Gasteiger partial charge >= 0.3 is 0 Å². The van der Waals surface area contributed by atoms with E-state index in [1.165, 1.54) is 12.8 Å². The Morgan fingerprint density at radius 1 is 1.53 bits per heavy atom. The van der Waals surface area contributed by atoms with Crippen molar-refractivity contribution in [2.45, 2.75) is 32.4 Å². The van der Waals surface area contributed by atoms with Crippen molar-refractivity contribution in [1.82, 2.24) is 5.32 Å². The lowest BCUT2D eigenvalue weighted by molar-refractivity contribution is -0.119. The Labute approximate surface area is 101 Å². The number of benzene rings is 1. The molecule has 4 nitrogen and oxygen atoms in total. The van der Waals surface area contributed by atoms with E-state index in [4.69, 9.17) is 10.5 Å². The Morgan fingerprint density at radius 2 is 2.29 bits per heavy atom.